The monoisotopic (exact) mass is 345 g/mol. The molecule has 0 aromatic carbocycles. The van der Waals surface area contributed by atoms with Gasteiger partial charge in [-0.1, -0.05) is 11.6 Å². The van der Waals surface area contributed by atoms with Crippen LogP contribution in [0.1, 0.15) is 30.1 Å². The number of aromatic nitrogens is 6. The maximum Gasteiger partial charge on any atom is 0.244 e. The van der Waals surface area contributed by atoms with Crippen LogP contribution in [0, 0.1) is 6.92 Å². The summed E-state index contributed by atoms with van der Waals surface area (Å²) in [5.41, 5.74) is 2.63. The van der Waals surface area contributed by atoms with Crippen LogP contribution < -0.4 is 4.90 Å². The molecule has 0 N–H and O–H groups in total. The summed E-state index contributed by atoms with van der Waals surface area (Å²) in [6.07, 6.45) is 4.06. The molecule has 1 saturated heterocycles. The summed E-state index contributed by atoms with van der Waals surface area (Å²) < 4.78 is 3.68. The predicted octanol–water partition coefficient (Wildman–Crippen LogP) is 2.21. The smallest absolute Gasteiger partial charge is 0.244 e. The number of halogens is 1. The van der Waals surface area contributed by atoms with Gasteiger partial charge in [0.05, 0.1) is 11.4 Å². The van der Waals surface area contributed by atoms with Crippen molar-refractivity contribution in [2.24, 2.45) is 7.05 Å². The molecule has 1 aliphatic heterocycles. The van der Waals surface area contributed by atoms with E-state index in [1.165, 1.54) is 12.8 Å². The van der Waals surface area contributed by atoms with E-state index in [4.69, 9.17) is 16.6 Å². The standard InChI is InChI=1S/C16H20ClN7/c1-11-15(17)18-14-8-6-12(20-24(11)14)5-7-13-19-16(21-22(13)2)23-9-3-4-10-23/h6,8H,3-5,7,9-10H2,1-2H3. The number of anilines is 1. The molecule has 8 heteroatoms. The lowest BCUT2D eigenvalue weighted by molar-refractivity contribution is 0.681. The van der Waals surface area contributed by atoms with Gasteiger partial charge in [0.1, 0.15) is 5.82 Å². The molecule has 0 amide bonds. The van der Waals surface area contributed by atoms with Gasteiger partial charge in [-0.05, 0) is 38.3 Å². The van der Waals surface area contributed by atoms with Crippen molar-refractivity contribution in [3.63, 3.8) is 0 Å². The first kappa shape index (κ1) is 15.4. The molecule has 0 unspecified atom stereocenters. The number of imidazole rings is 1. The van der Waals surface area contributed by atoms with E-state index in [1.807, 2.05) is 30.8 Å². The van der Waals surface area contributed by atoms with Gasteiger partial charge in [0.15, 0.2) is 10.8 Å². The van der Waals surface area contributed by atoms with Gasteiger partial charge in [-0.25, -0.2) is 9.50 Å². The Morgan fingerprint density at radius 3 is 2.67 bits per heavy atom. The van der Waals surface area contributed by atoms with Crippen molar-refractivity contribution in [2.75, 3.05) is 18.0 Å². The van der Waals surface area contributed by atoms with Crippen LogP contribution in [0.4, 0.5) is 5.95 Å². The fraction of sp³-hybridized carbons (Fsp3) is 0.500. The number of hydrogen-bond acceptors (Lipinski definition) is 5. The minimum atomic E-state index is 0.503. The molecular weight excluding hydrogens is 326 g/mol. The van der Waals surface area contributed by atoms with E-state index in [0.717, 1.165) is 54.7 Å². The average Bonchev–Trinajstić information content (AvgIpc) is 3.27. The topological polar surface area (TPSA) is 64.1 Å². The molecule has 4 heterocycles. The van der Waals surface area contributed by atoms with Crippen LogP contribution in [0.25, 0.3) is 5.65 Å². The molecule has 4 rings (SSSR count). The molecular formula is C16H20ClN7. The van der Waals surface area contributed by atoms with Crippen LogP contribution >= 0.6 is 11.6 Å². The Morgan fingerprint density at radius 1 is 1.08 bits per heavy atom. The van der Waals surface area contributed by atoms with Crippen LogP contribution in [-0.2, 0) is 19.9 Å². The van der Waals surface area contributed by atoms with Crippen LogP contribution in [0.3, 0.4) is 0 Å². The van der Waals surface area contributed by atoms with Gasteiger partial charge in [-0.3, -0.25) is 4.68 Å². The third-order valence-corrected chi connectivity index (χ3v) is 4.89. The highest BCUT2D eigenvalue weighted by Crippen LogP contribution is 2.18. The van der Waals surface area contributed by atoms with Crippen LogP contribution in [0.15, 0.2) is 12.1 Å². The molecule has 1 fully saturated rings. The van der Waals surface area contributed by atoms with Crippen LogP contribution in [0.5, 0.6) is 0 Å². The number of nitrogens with zero attached hydrogens (tertiary/aromatic N) is 7. The molecule has 126 valence electrons. The minimum absolute atomic E-state index is 0.503. The van der Waals surface area contributed by atoms with E-state index >= 15 is 0 Å². The zero-order chi connectivity index (χ0) is 16.7. The quantitative estimate of drug-likeness (QED) is 0.725. The molecule has 0 bridgehead atoms. The second-order valence-electron chi connectivity index (χ2n) is 6.23. The molecule has 1 aliphatic rings. The molecule has 0 saturated carbocycles. The summed E-state index contributed by atoms with van der Waals surface area (Å²) in [5.74, 6) is 1.84. The second-order valence-corrected chi connectivity index (χ2v) is 6.59. The van der Waals surface area contributed by atoms with E-state index in [-0.39, 0.29) is 0 Å². The molecule has 3 aromatic rings. The number of rotatable bonds is 4. The molecule has 3 aromatic heterocycles. The van der Waals surface area contributed by atoms with Crippen LogP contribution in [-0.4, -0.2) is 42.5 Å². The van der Waals surface area contributed by atoms with Gasteiger partial charge >= 0.3 is 0 Å². The highest BCUT2D eigenvalue weighted by atomic mass is 35.5. The largest absolute Gasteiger partial charge is 0.340 e. The Kier molecular flexibility index (Phi) is 3.88. The Bertz CT molecular complexity index is 876. The zero-order valence-electron chi connectivity index (χ0n) is 13.9. The molecule has 7 nitrogen and oxygen atoms in total. The van der Waals surface area contributed by atoms with Crippen molar-refractivity contribution in [3.8, 4) is 0 Å². The highest BCUT2D eigenvalue weighted by Gasteiger charge is 2.18. The van der Waals surface area contributed by atoms with Gasteiger partial charge in [0, 0.05) is 26.6 Å². The number of aryl methyl sites for hydroxylation is 4. The normalized spacial score (nSPS) is 14.9. The van der Waals surface area contributed by atoms with E-state index in [9.17, 15) is 0 Å². The van der Waals surface area contributed by atoms with Gasteiger partial charge in [-0.2, -0.15) is 10.1 Å². The Labute approximate surface area is 145 Å². The third kappa shape index (κ3) is 2.73. The molecule has 24 heavy (non-hydrogen) atoms. The van der Waals surface area contributed by atoms with Crippen molar-refractivity contribution in [2.45, 2.75) is 32.6 Å². The first-order valence-corrected chi connectivity index (χ1v) is 8.65. The first-order chi connectivity index (χ1) is 11.6. The third-order valence-electron chi connectivity index (χ3n) is 4.53. The van der Waals surface area contributed by atoms with Crippen molar-refractivity contribution in [1.29, 1.82) is 0 Å². The zero-order valence-corrected chi connectivity index (χ0v) is 14.7. The van der Waals surface area contributed by atoms with Gasteiger partial charge in [0.25, 0.3) is 0 Å². The Hall–Kier alpha value is -2.15. The van der Waals surface area contributed by atoms with Crippen molar-refractivity contribution in [3.05, 3.63) is 34.5 Å². The SMILES string of the molecule is Cc1c(Cl)nc2ccc(CCc3nc(N4CCCC4)nn3C)nn12. The van der Waals surface area contributed by atoms with E-state index < -0.39 is 0 Å². The van der Waals surface area contributed by atoms with E-state index in [0.29, 0.717) is 5.15 Å². The van der Waals surface area contributed by atoms with Gasteiger partial charge in [-0.15, -0.1) is 5.10 Å². The lowest BCUT2D eigenvalue weighted by atomic mass is 10.2. The summed E-state index contributed by atoms with van der Waals surface area (Å²) in [6.45, 7) is 4.04. The average molecular weight is 346 g/mol. The fourth-order valence-corrected chi connectivity index (χ4v) is 3.27. The predicted molar refractivity (Wildman–Crippen MR) is 92.6 cm³/mol. The van der Waals surface area contributed by atoms with E-state index in [2.05, 4.69) is 20.1 Å². The summed E-state index contributed by atoms with van der Waals surface area (Å²) in [6, 6.07) is 3.95. The molecule has 0 radical (unpaired) electrons. The number of fused-ring (bicyclic) bond motifs is 1. The summed E-state index contributed by atoms with van der Waals surface area (Å²) in [5, 5.41) is 9.68. The fourth-order valence-electron chi connectivity index (χ4n) is 3.10. The molecule has 0 aliphatic carbocycles. The first-order valence-electron chi connectivity index (χ1n) is 8.27. The summed E-state index contributed by atoms with van der Waals surface area (Å²) in [4.78, 5) is 11.2. The van der Waals surface area contributed by atoms with Gasteiger partial charge < -0.3 is 4.90 Å². The maximum atomic E-state index is 6.06. The highest BCUT2D eigenvalue weighted by molar-refractivity contribution is 6.30. The summed E-state index contributed by atoms with van der Waals surface area (Å²) in [7, 11) is 1.96. The lowest BCUT2D eigenvalue weighted by Gasteiger charge is -2.10. The molecule has 0 atom stereocenters. The van der Waals surface area contributed by atoms with Crippen molar-refractivity contribution in [1.82, 2.24) is 29.4 Å². The lowest BCUT2D eigenvalue weighted by Crippen LogP contribution is -2.19. The van der Waals surface area contributed by atoms with Gasteiger partial charge in [0.2, 0.25) is 5.95 Å². The summed E-state index contributed by atoms with van der Waals surface area (Å²) >= 11 is 6.06. The maximum absolute atomic E-state index is 6.06. The Morgan fingerprint density at radius 2 is 1.88 bits per heavy atom. The van der Waals surface area contributed by atoms with Crippen LogP contribution in [0.2, 0.25) is 5.15 Å². The van der Waals surface area contributed by atoms with Crippen molar-refractivity contribution < 1.29 is 0 Å². The Balaban J connectivity index is 1.51. The minimum Gasteiger partial charge on any atom is -0.340 e. The second kappa shape index (κ2) is 6.05. The number of hydrogen-bond donors (Lipinski definition) is 0. The molecule has 0 spiro atoms. The van der Waals surface area contributed by atoms with E-state index in [1.54, 1.807) is 4.52 Å². The van der Waals surface area contributed by atoms with Crippen molar-refractivity contribution >= 4 is 23.2 Å².